The fourth-order valence-corrected chi connectivity index (χ4v) is 3.23. The topological polar surface area (TPSA) is 86.1 Å². The zero-order chi connectivity index (χ0) is 19.0. The van der Waals surface area contributed by atoms with E-state index in [4.69, 9.17) is 16.3 Å². The number of hydrogen-bond acceptors (Lipinski definition) is 5. The van der Waals surface area contributed by atoms with Crippen molar-refractivity contribution in [2.75, 3.05) is 5.32 Å². The summed E-state index contributed by atoms with van der Waals surface area (Å²) in [6.07, 6.45) is 3.18. The lowest BCUT2D eigenvalue weighted by Crippen LogP contribution is -2.49. The monoisotopic (exact) mass is 382 g/mol. The van der Waals surface area contributed by atoms with E-state index in [9.17, 15) is 9.59 Å². The molecule has 0 aliphatic carbocycles. The molecule has 8 heteroatoms. The number of halogens is 1. The van der Waals surface area contributed by atoms with E-state index >= 15 is 0 Å². The number of nitrogens with zero attached hydrogens (tertiary/aromatic N) is 3. The Labute approximate surface area is 159 Å². The maximum Gasteiger partial charge on any atom is 0.339 e. The van der Waals surface area contributed by atoms with Gasteiger partial charge in [0, 0.05) is 11.4 Å². The molecular weight excluding hydrogens is 368 g/mol. The molecule has 1 aliphatic rings. The minimum Gasteiger partial charge on any atom is -0.445 e. The molecule has 1 aromatic heterocycles. The number of anilines is 1. The first-order valence-corrected chi connectivity index (χ1v) is 8.61. The Morgan fingerprint density at radius 3 is 2.89 bits per heavy atom. The van der Waals surface area contributed by atoms with Gasteiger partial charge in [-0.05, 0) is 36.8 Å². The summed E-state index contributed by atoms with van der Waals surface area (Å²) in [4.78, 5) is 29.2. The second-order valence-corrected chi connectivity index (χ2v) is 6.85. The quantitative estimate of drug-likeness (QED) is 0.703. The lowest BCUT2D eigenvalue weighted by Gasteiger charge is -2.33. The summed E-state index contributed by atoms with van der Waals surface area (Å²) in [6.45, 7) is 1.59. The molecule has 7 nitrogen and oxygen atoms in total. The van der Waals surface area contributed by atoms with Crippen molar-refractivity contribution in [3.63, 3.8) is 0 Å². The van der Waals surface area contributed by atoms with Crippen LogP contribution in [0.15, 0.2) is 55.1 Å². The fraction of sp³-hybridized carbons (Fsp3) is 0.158. The summed E-state index contributed by atoms with van der Waals surface area (Å²) in [5, 5.41) is 7.34. The van der Waals surface area contributed by atoms with Crippen LogP contribution in [0, 0.1) is 0 Å². The lowest BCUT2D eigenvalue weighted by molar-refractivity contribution is -0.134. The van der Waals surface area contributed by atoms with Crippen molar-refractivity contribution in [2.24, 2.45) is 0 Å². The first-order chi connectivity index (χ1) is 13.0. The number of hydrogen-bond donors (Lipinski definition) is 1. The normalized spacial score (nSPS) is 18.5. The Morgan fingerprint density at radius 1 is 1.30 bits per heavy atom. The molecule has 0 saturated carbocycles. The summed E-state index contributed by atoms with van der Waals surface area (Å²) in [5.41, 5.74) is 0.946. The highest BCUT2D eigenvalue weighted by Crippen LogP contribution is 2.31. The van der Waals surface area contributed by atoms with Gasteiger partial charge >= 0.3 is 5.97 Å². The molecule has 3 aromatic rings. The maximum absolute atomic E-state index is 13.0. The highest BCUT2D eigenvalue weighted by atomic mass is 35.5. The van der Waals surface area contributed by atoms with E-state index in [-0.39, 0.29) is 6.42 Å². The Hall–Kier alpha value is -3.19. The zero-order valence-corrected chi connectivity index (χ0v) is 15.1. The van der Waals surface area contributed by atoms with Gasteiger partial charge in [0.05, 0.1) is 16.9 Å². The minimum absolute atomic E-state index is 0.278. The zero-order valence-electron chi connectivity index (χ0n) is 14.3. The predicted octanol–water partition coefficient (Wildman–Crippen LogP) is 3.03. The van der Waals surface area contributed by atoms with E-state index in [0.717, 1.165) is 5.56 Å². The first-order valence-electron chi connectivity index (χ1n) is 8.23. The fourth-order valence-electron chi connectivity index (χ4n) is 3.05. The number of benzene rings is 2. The number of cyclic esters (lactones) is 1. The molecule has 27 heavy (non-hydrogen) atoms. The molecule has 2 heterocycles. The summed E-state index contributed by atoms with van der Waals surface area (Å²) >= 11 is 6.09. The second kappa shape index (κ2) is 6.51. The molecule has 2 aromatic carbocycles. The van der Waals surface area contributed by atoms with Gasteiger partial charge < -0.3 is 10.1 Å². The van der Waals surface area contributed by atoms with Crippen molar-refractivity contribution in [3.8, 4) is 5.69 Å². The number of esters is 1. The molecule has 0 radical (unpaired) electrons. The van der Waals surface area contributed by atoms with Crippen molar-refractivity contribution in [1.29, 1.82) is 0 Å². The largest absolute Gasteiger partial charge is 0.445 e. The lowest BCUT2D eigenvalue weighted by atomic mass is 9.89. The Balaban J connectivity index is 1.65. The molecule has 1 atom stereocenters. The van der Waals surface area contributed by atoms with Crippen molar-refractivity contribution in [1.82, 2.24) is 14.8 Å². The van der Waals surface area contributed by atoms with Gasteiger partial charge in [0.2, 0.25) is 0 Å². The van der Waals surface area contributed by atoms with E-state index < -0.39 is 17.5 Å². The SMILES string of the molecule is C[C@]1(C(=O)Nc2cc(Cl)ccc2-n2cncn2)Cc2ccccc2C(=O)O1. The van der Waals surface area contributed by atoms with Crippen LogP contribution in [0.2, 0.25) is 5.02 Å². The minimum atomic E-state index is -1.34. The third-order valence-corrected chi connectivity index (χ3v) is 4.67. The van der Waals surface area contributed by atoms with E-state index in [2.05, 4.69) is 15.4 Å². The van der Waals surface area contributed by atoms with Crippen LogP contribution < -0.4 is 5.32 Å². The molecule has 4 rings (SSSR count). The molecule has 1 aliphatic heterocycles. The standard InChI is InChI=1S/C19H15ClN4O3/c1-19(9-12-4-2-3-5-14(12)17(25)27-19)18(26)23-15-8-13(20)6-7-16(15)24-11-21-10-22-24/h2-8,10-11H,9H2,1H3,(H,23,26)/t19-/m1/s1. The Kier molecular flexibility index (Phi) is 4.16. The average Bonchev–Trinajstić information content (AvgIpc) is 3.16. The van der Waals surface area contributed by atoms with Gasteiger partial charge in [-0.25, -0.2) is 14.5 Å². The van der Waals surface area contributed by atoms with Crippen LogP contribution in [0.1, 0.15) is 22.8 Å². The number of amides is 1. The van der Waals surface area contributed by atoms with E-state index in [0.29, 0.717) is 22.0 Å². The Morgan fingerprint density at radius 2 is 2.11 bits per heavy atom. The van der Waals surface area contributed by atoms with Crippen molar-refractivity contribution < 1.29 is 14.3 Å². The smallest absolute Gasteiger partial charge is 0.339 e. The van der Waals surface area contributed by atoms with Crippen LogP contribution in [-0.2, 0) is 16.0 Å². The van der Waals surface area contributed by atoms with Crippen LogP contribution in [0.25, 0.3) is 5.69 Å². The summed E-state index contributed by atoms with van der Waals surface area (Å²) < 4.78 is 6.99. The number of fused-ring (bicyclic) bond motifs is 1. The van der Waals surface area contributed by atoms with Gasteiger partial charge in [0.1, 0.15) is 12.7 Å². The van der Waals surface area contributed by atoms with Gasteiger partial charge in [0.25, 0.3) is 5.91 Å². The van der Waals surface area contributed by atoms with Gasteiger partial charge in [-0.2, -0.15) is 5.10 Å². The number of carbonyl (C=O) groups is 2. The molecule has 0 fully saturated rings. The molecule has 0 bridgehead atoms. The van der Waals surface area contributed by atoms with Crippen LogP contribution in [0.5, 0.6) is 0 Å². The summed E-state index contributed by atoms with van der Waals surface area (Å²) in [7, 11) is 0. The van der Waals surface area contributed by atoms with Crippen molar-refractivity contribution in [3.05, 3.63) is 71.3 Å². The molecule has 1 amide bonds. The van der Waals surface area contributed by atoms with Gasteiger partial charge in [-0.15, -0.1) is 0 Å². The van der Waals surface area contributed by atoms with Crippen LogP contribution in [0.4, 0.5) is 5.69 Å². The van der Waals surface area contributed by atoms with Crippen LogP contribution in [0.3, 0.4) is 0 Å². The molecular formula is C19H15ClN4O3. The second-order valence-electron chi connectivity index (χ2n) is 6.41. The van der Waals surface area contributed by atoms with Gasteiger partial charge in [0.15, 0.2) is 5.60 Å². The summed E-state index contributed by atoms with van der Waals surface area (Å²) in [5.74, 6) is -0.967. The van der Waals surface area contributed by atoms with Crippen LogP contribution in [-0.4, -0.2) is 32.2 Å². The average molecular weight is 383 g/mol. The highest BCUT2D eigenvalue weighted by molar-refractivity contribution is 6.31. The predicted molar refractivity (Wildman–Crippen MR) is 99.0 cm³/mol. The molecule has 0 unspecified atom stereocenters. The summed E-state index contributed by atoms with van der Waals surface area (Å²) in [6, 6.07) is 12.1. The van der Waals surface area contributed by atoms with Gasteiger partial charge in [-0.1, -0.05) is 29.8 Å². The number of rotatable bonds is 3. The first kappa shape index (κ1) is 17.2. The maximum atomic E-state index is 13.0. The molecule has 0 saturated heterocycles. The number of aromatic nitrogens is 3. The molecule has 0 spiro atoms. The number of ether oxygens (including phenoxy) is 1. The number of carbonyl (C=O) groups excluding carboxylic acids is 2. The van der Waals surface area contributed by atoms with E-state index in [1.54, 1.807) is 37.3 Å². The van der Waals surface area contributed by atoms with E-state index in [1.165, 1.54) is 17.3 Å². The van der Waals surface area contributed by atoms with Crippen molar-refractivity contribution >= 4 is 29.2 Å². The number of nitrogens with one attached hydrogen (secondary N) is 1. The van der Waals surface area contributed by atoms with Crippen LogP contribution >= 0.6 is 11.6 Å². The third kappa shape index (κ3) is 3.17. The van der Waals surface area contributed by atoms with E-state index in [1.807, 2.05) is 12.1 Å². The third-order valence-electron chi connectivity index (χ3n) is 4.44. The van der Waals surface area contributed by atoms with Crippen molar-refractivity contribution in [2.45, 2.75) is 18.9 Å². The highest BCUT2D eigenvalue weighted by Gasteiger charge is 2.42. The Bertz CT molecular complexity index is 1040. The van der Waals surface area contributed by atoms with Gasteiger partial charge in [-0.3, -0.25) is 4.79 Å². The molecule has 1 N–H and O–H groups in total. The molecule has 136 valence electrons.